The molecule has 9 heteroatoms. The molecular weight excluding hydrogens is 338 g/mol. The third-order valence-corrected chi connectivity index (χ3v) is 4.33. The number of urea groups is 1. The highest BCUT2D eigenvalue weighted by molar-refractivity contribution is 7.09. The Balaban J connectivity index is 1.66. The Kier molecular flexibility index (Phi) is 5.03. The van der Waals surface area contributed by atoms with Crippen molar-refractivity contribution in [2.75, 3.05) is 5.32 Å². The summed E-state index contributed by atoms with van der Waals surface area (Å²) < 4.78 is 0. The van der Waals surface area contributed by atoms with E-state index in [2.05, 4.69) is 31.0 Å². The second kappa shape index (κ2) is 7.39. The Morgan fingerprint density at radius 2 is 2.24 bits per heavy atom. The molecule has 2 heterocycles. The van der Waals surface area contributed by atoms with E-state index in [9.17, 15) is 4.79 Å². The summed E-state index contributed by atoms with van der Waals surface area (Å²) in [5, 5.41) is 20.9. The van der Waals surface area contributed by atoms with Gasteiger partial charge in [-0.25, -0.2) is 9.78 Å². The van der Waals surface area contributed by atoms with Crippen molar-refractivity contribution in [3.05, 3.63) is 40.3 Å². The number of aromatic nitrogens is 5. The number of tetrazole rings is 1. The molecule has 25 heavy (non-hydrogen) atoms. The van der Waals surface area contributed by atoms with Gasteiger partial charge in [0.1, 0.15) is 0 Å². The van der Waals surface area contributed by atoms with Crippen molar-refractivity contribution >= 4 is 23.1 Å². The largest absolute Gasteiger partial charge is 0.330 e. The molecule has 3 aromatic rings. The van der Waals surface area contributed by atoms with E-state index >= 15 is 0 Å². The summed E-state index contributed by atoms with van der Waals surface area (Å²) >= 11 is 1.56. The van der Waals surface area contributed by atoms with E-state index in [4.69, 9.17) is 0 Å². The number of hydrogen-bond acceptors (Lipinski definition) is 6. The van der Waals surface area contributed by atoms with Gasteiger partial charge in [0.15, 0.2) is 0 Å². The van der Waals surface area contributed by atoms with Crippen LogP contribution in [-0.2, 0) is 6.54 Å². The summed E-state index contributed by atoms with van der Waals surface area (Å²) in [7, 11) is 0. The lowest BCUT2D eigenvalue weighted by Crippen LogP contribution is -2.31. The normalized spacial score (nSPS) is 12.0. The van der Waals surface area contributed by atoms with E-state index in [0.29, 0.717) is 18.1 Å². The topological polar surface area (TPSA) is 97.6 Å². The van der Waals surface area contributed by atoms with Crippen LogP contribution in [0.15, 0.2) is 29.6 Å². The highest BCUT2D eigenvalue weighted by Crippen LogP contribution is 2.19. The van der Waals surface area contributed by atoms with Gasteiger partial charge in [-0.3, -0.25) is 0 Å². The Morgan fingerprint density at radius 1 is 1.40 bits per heavy atom. The first-order valence-electron chi connectivity index (χ1n) is 7.93. The summed E-state index contributed by atoms with van der Waals surface area (Å²) in [6, 6.07) is 6.88. The number of thiazole rings is 1. The van der Waals surface area contributed by atoms with Gasteiger partial charge in [0, 0.05) is 16.6 Å². The summed E-state index contributed by atoms with van der Waals surface area (Å²) in [6.07, 6.45) is 0. The number of rotatable bonds is 5. The molecule has 0 spiro atoms. The molecular formula is C16H19N7OS. The Bertz CT molecular complexity index is 873. The third-order valence-electron chi connectivity index (χ3n) is 3.54. The molecule has 0 saturated heterocycles. The predicted octanol–water partition coefficient (Wildman–Crippen LogP) is 3.01. The van der Waals surface area contributed by atoms with Gasteiger partial charge in [0.25, 0.3) is 0 Å². The van der Waals surface area contributed by atoms with Gasteiger partial charge in [0.2, 0.25) is 5.82 Å². The molecule has 0 bridgehead atoms. The first-order valence-corrected chi connectivity index (χ1v) is 8.81. The monoisotopic (exact) mass is 357 g/mol. The lowest BCUT2D eigenvalue weighted by molar-refractivity contribution is 0.249. The van der Waals surface area contributed by atoms with Gasteiger partial charge >= 0.3 is 6.03 Å². The smallest absolute Gasteiger partial charge is 0.319 e. The van der Waals surface area contributed by atoms with Crippen molar-refractivity contribution in [3.63, 3.8) is 0 Å². The highest BCUT2D eigenvalue weighted by atomic mass is 32.1. The lowest BCUT2D eigenvalue weighted by Gasteiger charge is -2.13. The molecule has 0 saturated carbocycles. The number of nitrogens with one attached hydrogen (secondary N) is 2. The molecule has 0 fully saturated rings. The lowest BCUT2D eigenvalue weighted by atomic mass is 10.2. The maximum Gasteiger partial charge on any atom is 0.319 e. The summed E-state index contributed by atoms with van der Waals surface area (Å²) in [6.45, 7) is 6.44. The SMILES string of the molecule is CCn1nnc(-c2cccc(NC(=O)N[C@H](C)c3csc(C)n3)c2)n1. The van der Waals surface area contributed by atoms with Crippen LogP contribution in [-0.4, -0.2) is 31.2 Å². The van der Waals surface area contributed by atoms with Crippen LogP contribution in [0.5, 0.6) is 0 Å². The molecule has 1 aromatic carbocycles. The molecule has 0 aliphatic rings. The van der Waals surface area contributed by atoms with E-state index in [1.165, 1.54) is 4.80 Å². The van der Waals surface area contributed by atoms with Crippen molar-refractivity contribution in [1.82, 2.24) is 30.5 Å². The molecule has 0 aliphatic carbocycles. The first kappa shape index (κ1) is 17.0. The van der Waals surface area contributed by atoms with Crippen LogP contribution in [0.1, 0.15) is 30.6 Å². The van der Waals surface area contributed by atoms with Crippen LogP contribution in [0.2, 0.25) is 0 Å². The van der Waals surface area contributed by atoms with Crippen molar-refractivity contribution in [3.8, 4) is 11.4 Å². The van der Waals surface area contributed by atoms with Crippen LogP contribution >= 0.6 is 11.3 Å². The number of carbonyl (C=O) groups is 1. The minimum atomic E-state index is -0.291. The van der Waals surface area contributed by atoms with Crippen molar-refractivity contribution < 1.29 is 4.79 Å². The van der Waals surface area contributed by atoms with Gasteiger partial charge in [-0.05, 0) is 38.1 Å². The average molecular weight is 357 g/mol. The zero-order valence-electron chi connectivity index (χ0n) is 14.2. The van der Waals surface area contributed by atoms with Crippen molar-refractivity contribution in [2.45, 2.75) is 33.4 Å². The summed E-state index contributed by atoms with van der Waals surface area (Å²) in [5.74, 6) is 0.525. The molecule has 8 nitrogen and oxygen atoms in total. The van der Waals surface area contributed by atoms with Gasteiger partial charge in [-0.2, -0.15) is 4.80 Å². The van der Waals surface area contributed by atoms with Gasteiger partial charge in [-0.1, -0.05) is 12.1 Å². The number of benzene rings is 1. The van der Waals surface area contributed by atoms with Gasteiger partial charge in [0.05, 0.1) is 23.3 Å². The van der Waals surface area contributed by atoms with Crippen molar-refractivity contribution in [2.24, 2.45) is 0 Å². The molecule has 2 N–H and O–H groups in total. The summed E-state index contributed by atoms with van der Waals surface area (Å²) in [4.78, 5) is 18.1. The molecule has 0 unspecified atom stereocenters. The molecule has 2 aromatic heterocycles. The standard InChI is InChI=1S/C16H19N7OS/c1-4-23-21-15(20-22-23)12-6-5-7-13(8-12)19-16(24)17-10(2)14-9-25-11(3)18-14/h5-10H,4H2,1-3H3,(H2,17,19,24)/t10-/m1/s1. The number of aryl methyl sites for hydroxylation is 2. The number of hydrogen-bond donors (Lipinski definition) is 2. The van der Waals surface area contributed by atoms with Crippen LogP contribution < -0.4 is 10.6 Å². The molecule has 2 amide bonds. The second-order valence-electron chi connectivity index (χ2n) is 5.49. The Labute approximate surface area is 149 Å². The Morgan fingerprint density at radius 3 is 2.92 bits per heavy atom. The van der Waals surface area contributed by atoms with Crippen LogP contribution in [0.25, 0.3) is 11.4 Å². The quantitative estimate of drug-likeness (QED) is 0.731. The average Bonchev–Trinajstić information content (AvgIpc) is 3.23. The number of anilines is 1. The summed E-state index contributed by atoms with van der Waals surface area (Å²) in [5.41, 5.74) is 2.30. The van der Waals surface area contributed by atoms with E-state index in [-0.39, 0.29) is 12.1 Å². The maximum absolute atomic E-state index is 12.2. The minimum Gasteiger partial charge on any atom is -0.330 e. The highest BCUT2D eigenvalue weighted by Gasteiger charge is 2.13. The van der Waals surface area contributed by atoms with Crippen LogP contribution in [0.3, 0.4) is 0 Å². The van der Waals surface area contributed by atoms with Gasteiger partial charge < -0.3 is 10.6 Å². The van der Waals surface area contributed by atoms with E-state index in [1.54, 1.807) is 11.3 Å². The molecule has 3 rings (SSSR count). The van der Waals surface area contributed by atoms with E-state index in [1.807, 2.05) is 50.4 Å². The van der Waals surface area contributed by atoms with E-state index in [0.717, 1.165) is 16.3 Å². The minimum absolute atomic E-state index is 0.167. The maximum atomic E-state index is 12.2. The third kappa shape index (κ3) is 4.18. The molecule has 0 radical (unpaired) electrons. The number of amides is 2. The van der Waals surface area contributed by atoms with E-state index < -0.39 is 0 Å². The molecule has 1 atom stereocenters. The fourth-order valence-corrected chi connectivity index (χ4v) is 2.95. The number of nitrogens with zero attached hydrogens (tertiary/aromatic N) is 5. The first-order chi connectivity index (χ1) is 12.0. The predicted molar refractivity (Wildman–Crippen MR) is 96.3 cm³/mol. The Hall–Kier alpha value is -2.81. The van der Waals surface area contributed by atoms with Crippen LogP contribution in [0, 0.1) is 6.92 Å². The number of carbonyl (C=O) groups excluding carboxylic acids is 1. The fourth-order valence-electron chi connectivity index (χ4n) is 2.25. The zero-order chi connectivity index (χ0) is 17.8. The van der Waals surface area contributed by atoms with Gasteiger partial charge in [-0.15, -0.1) is 21.5 Å². The van der Waals surface area contributed by atoms with Crippen molar-refractivity contribution in [1.29, 1.82) is 0 Å². The fraction of sp³-hybridized carbons (Fsp3) is 0.312. The zero-order valence-corrected chi connectivity index (χ0v) is 15.0. The molecule has 130 valence electrons. The van der Waals surface area contributed by atoms with Crippen LogP contribution in [0.4, 0.5) is 10.5 Å². The molecule has 0 aliphatic heterocycles. The second-order valence-corrected chi connectivity index (χ2v) is 6.56.